The molecule has 148 valence electrons. The molecule has 0 aliphatic rings. The topological polar surface area (TPSA) is 63.2 Å². The Hall–Kier alpha value is 0.130. The van der Waals surface area contributed by atoms with Gasteiger partial charge in [-0.3, -0.25) is 0 Å². The third-order valence-corrected chi connectivity index (χ3v) is 17.9. The minimum atomic E-state index is -2.33. The van der Waals surface area contributed by atoms with E-state index in [0.29, 0.717) is 0 Å². The summed E-state index contributed by atoms with van der Waals surface area (Å²) in [5, 5.41) is 16.7. The second kappa shape index (κ2) is 15.4. The monoisotopic (exact) mass is 382 g/mol. The number of rotatable bonds is 8. The standard InChI is InChI=1S/2C9H22P.CH2O3/c2*1-6-10(7-2,8-3)9(4)5;2-1(3)4/h2*9H,6-8H2,1-5H3;(H2,2,3,4)/q2*+1;/p-2. The molecule has 24 heavy (non-hydrogen) atoms. The van der Waals surface area contributed by atoms with Crippen LogP contribution in [0.25, 0.3) is 0 Å². The highest BCUT2D eigenvalue weighted by Gasteiger charge is 2.35. The Balaban J connectivity index is -0.000000301. The number of carboxylic acid groups (broad SMARTS) is 2. The Kier molecular flexibility index (Phi) is 18.5. The maximum Gasteiger partial charge on any atom is 0.0641 e. The molecule has 0 fully saturated rings. The smallest absolute Gasteiger partial charge is 0.0641 e. The first-order valence-electron chi connectivity index (χ1n) is 9.58. The van der Waals surface area contributed by atoms with Gasteiger partial charge < -0.3 is 15.0 Å². The van der Waals surface area contributed by atoms with E-state index in [2.05, 4.69) is 69.2 Å². The molecule has 0 bridgehead atoms. The molecule has 0 aromatic heterocycles. The average molecular weight is 383 g/mol. The Morgan fingerprint density at radius 1 is 0.625 bits per heavy atom. The highest BCUT2D eigenvalue weighted by atomic mass is 31.2. The van der Waals surface area contributed by atoms with Crippen LogP contribution in [0.4, 0.5) is 4.79 Å². The summed E-state index contributed by atoms with van der Waals surface area (Å²) in [6, 6.07) is 0. The highest BCUT2D eigenvalue weighted by Crippen LogP contribution is 2.62. The number of carbonyl (C=O) groups excluding carboxylic acids is 1. The number of carbonyl (C=O) groups is 1. The molecule has 0 aliphatic carbocycles. The molecule has 0 saturated carbocycles. The van der Waals surface area contributed by atoms with Gasteiger partial charge in [0.25, 0.3) is 0 Å². The van der Waals surface area contributed by atoms with Crippen LogP contribution in [0.1, 0.15) is 69.2 Å². The van der Waals surface area contributed by atoms with Gasteiger partial charge in [0.15, 0.2) is 0 Å². The summed E-state index contributed by atoms with van der Waals surface area (Å²) in [5.74, 6) is 0. The zero-order valence-electron chi connectivity index (χ0n) is 18.0. The summed E-state index contributed by atoms with van der Waals surface area (Å²) in [5.41, 5.74) is 1.90. The average Bonchev–Trinajstić information content (AvgIpc) is 2.51. The number of hydrogen-bond acceptors (Lipinski definition) is 3. The lowest BCUT2D eigenvalue weighted by Gasteiger charge is -2.27. The number of hydrogen-bond donors (Lipinski definition) is 0. The normalized spacial score (nSPS) is 11.5. The van der Waals surface area contributed by atoms with Gasteiger partial charge in [-0.25, -0.2) is 0 Å². The maximum atomic E-state index is 8.33. The first kappa shape index (κ1) is 28.9. The van der Waals surface area contributed by atoms with E-state index in [0.717, 1.165) is 11.3 Å². The molecular formula is C19H44O3P2. The van der Waals surface area contributed by atoms with Crippen LogP contribution >= 0.6 is 14.5 Å². The van der Waals surface area contributed by atoms with Gasteiger partial charge >= 0.3 is 0 Å². The van der Waals surface area contributed by atoms with Gasteiger partial charge in [-0.2, -0.15) is 0 Å². The molecule has 0 heterocycles. The summed E-state index contributed by atoms with van der Waals surface area (Å²) in [6.45, 7) is 23.7. The summed E-state index contributed by atoms with van der Waals surface area (Å²) in [4.78, 5) is 8.33. The lowest BCUT2D eigenvalue weighted by molar-refractivity contribution is -0.415. The first-order chi connectivity index (χ1) is 11.0. The Morgan fingerprint density at radius 2 is 0.750 bits per heavy atom. The zero-order chi connectivity index (χ0) is 20.0. The van der Waals surface area contributed by atoms with Crippen LogP contribution in [-0.4, -0.2) is 54.4 Å². The largest absolute Gasteiger partial charge is 0.652 e. The van der Waals surface area contributed by atoms with Crippen molar-refractivity contribution in [3.05, 3.63) is 0 Å². The van der Waals surface area contributed by atoms with Crippen molar-refractivity contribution in [1.29, 1.82) is 0 Å². The fourth-order valence-electron chi connectivity index (χ4n) is 3.53. The van der Waals surface area contributed by atoms with E-state index in [1.54, 1.807) is 0 Å². The zero-order valence-corrected chi connectivity index (χ0v) is 19.8. The van der Waals surface area contributed by atoms with Crippen LogP contribution < -0.4 is 10.2 Å². The molecular weight excluding hydrogens is 338 g/mol. The molecule has 0 saturated heterocycles. The first-order valence-corrected chi connectivity index (χ1v) is 14.4. The molecule has 0 radical (unpaired) electrons. The lowest BCUT2D eigenvalue weighted by atomic mass is 10.6. The predicted molar refractivity (Wildman–Crippen MR) is 113 cm³/mol. The molecule has 0 rings (SSSR count). The van der Waals surface area contributed by atoms with E-state index >= 15 is 0 Å². The van der Waals surface area contributed by atoms with E-state index in [9.17, 15) is 0 Å². The molecule has 0 N–H and O–H groups in total. The second-order valence-corrected chi connectivity index (χ2v) is 17.5. The lowest BCUT2D eigenvalue weighted by Crippen LogP contribution is -2.37. The van der Waals surface area contributed by atoms with Crippen molar-refractivity contribution in [3.8, 4) is 0 Å². The van der Waals surface area contributed by atoms with Crippen molar-refractivity contribution >= 4 is 20.7 Å². The molecule has 0 unspecified atom stereocenters. The van der Waals surface area contributed by atoms with E-state index in [1.807, 2.05) is 0 Å². The fraction of sp³-hybridized carbons (Fsp3) is 0.947. The van der Waals surface area contributed by atoms with Gasteiger partial charge in [-0.05, 0) is 75.4 Å². The minimum absolute atomic E-state index is 0.511. The van der Waals surface area contributed by atoms with Crippen molar-refractivity contribution < 1.29 is 15.0 Å². The summed E-state index contributed by atoms with van der Waals surface area (Å²) >= 11 is 0. The summed E-state index contributed by atoms with van der Waals surface area (Å²) in [7, 11) is -1.02. The quantitative estimate of drug-likeness (QED) is 0.581. The van der Waals surface area contributed by atoms with E-state index in [-0.39, 0.29) is 0 Å². The third-order valence-electron chi connectivity index (χ3n) is 5.97. The van der Waals surface area contributed by atoms with Crippen LogP contribution in [0.5, 0.6) is 0 Å². The minimum Gasteiger partial charge on any atom is -0.652 e. The van der Waals surface area contributed by atoms with Crippen LogP contribution in [-0.2, 0) is 0 Å². The van der Waals surface area contributed by atoms with Crippen molar-refractivity contribution in [2.24, 2.45) is 0 Å². The molecule has 0 spiro atoms. The van der Waals surface area contributed by atoms with Crippen LogP contribution in [0.15, 0.2) is 0 Å². The van der Waals surface area contributed by atoms with Gasteiger partial charge in [0.1, 0.15) is 0 Å². The maximum absolute atomic E-state index is 8.33. The van der Waals surface area contributed by atoms with E-state index < -0.39 is 20.7 Å². The van der Waals surface area contributed by atoms with Gasteiger partial charge in [0.2, 0.25) is 0 Å². The molecule has 0 aromatic rings. The molecule has 0 amide bonds. The highest BCUT2D eigenvalue weighted by molar-refractivity contribution is 7.76. The van der Waals surface area contributed by atoms with Gasteiger partial charge in [-0.15, -0.1) is 0 Å². The molecule has 5 heteroatoms. The third kappa shape index (κ3) is 10.9. The summed E-state index contributed by atoms with van der Waals surface area (Å²) in [6.07, 6.45) is 6.32. The van der Waals surface area contributed by atoms with Crippen molar-refractivity contribution in [2.45, 2.75) is 80.6 Å². The van der Waals surface area contributed by atoms with E-state index in [1.165, 1.54) is 37.0 Å². The predicted octanol–water partition coefficient (Wildman–Crippen LogP) is 4.50. The Labute approximate surface area is 153 Å². The van der Waals surface area contributed by atoms with Crippen molar-refractivity contribution in [1.82, 2.24) is 0 Å². The molecule has 0 aromatic carbocycles. The Bertz CT molecular complexity index is 252. The Morgan fingerprint density at radius 3 is 0.750 bits per heavy atom. The van der Waals surface area contributed by atoms with E-state index in [4.69, 9.17) is 15.0 Å². The van der Waals surface area contributed by atoms with Crippen molar-refractivity contribution in [3.63, 3.8) is 0 Å². The van der Waals surface area contributed by atoms with Crippen LogP contribution in [0.3, 0.4) is 0 Å². The summed E-state index contributed by atoms with van der Waals surface area (Å²) < 4.78 is 0. The van der Waals surface area contributed by atoms with Gasteiger partial charge in [0.05, 0.1) is 48.3 Å². The fourth-order valence-corrected chi connectivity index (χ4v) is 10.6. The second-order valence-electron chi connectivity index (χ2n) is 6.77. The van der Waals surface area contributed by atoms with Gasteiger partial charge in [0, 0.05) is 14.5 Å². The van der Waals surface area contributed by atoms with Crippen LogP contribution in [0.2, 0.25) is 0 Å². The van der Waals surface area contributed by atoms with Crippen molar-refractivity contribution in [2.75, 3.05) is 37.0 Å². The molecule has 0 atom stereocenters. The molecule has 3 nitrogen and oxygen atoms in total. The SMILES string of the molecule is CC[P+](CC)(CC)C(C)C.CC[P+](CC)(CC)C(C)C.O=C([O-])[O-]. The molecule has 0 aliphatic heterocycles. The van der Waals surface area contributed by atoms with Gasteiger partial charge in [-0.1, -0.05) is 0 Å². The van der Waals surface area contributed by atoms with Crippen LogP contribution in [0, 0.1) is 0 Å².